The molecule has 2 fully saturated rings. The average Bonchev–Trinajstić information content (AvgIpc) is 3.58. The van der Waals surface area contributed by atoms with Crippen LogP contribution in [0.4, 0.5) is 11.4 Å². The van der Waals surface area contributed by atoms with Crippen LogP contribution in [0.15, 0.2) is 18.2 Å². The van der Waals surface area contributed by atoms with Crippen LogP contribution < -0.4 is 20.4 Å². The van der Waals surface area contributed by atoms with Crippen molar-refractivity contribution in [2.45, 2.75) is 95.4 Å². The van der Waals surface area contributed by atoms with E-state index in [4.69, 9.17) is 4.74 Å². The van der Waals surface area contributed by atoms with Crippen LogP contribution in [0.5, 0.6) is 0 Å². The van der Waals surface area contributed by atoms with Gasteiger partial charge in [-0.25, -0.2) is 0 Å². The topological polar surface area (TPSA) is 114 Å². The number of aryl methyl sites for hydroxylation is 1. The Morgan fingerprint density at radius 2 is 2.02 bits per heavy atom. The Morgan fingerprint density at radius 3 is 2.73 bits per heavy atom. The number of aliphatic hydroxyl groups excluding tert-OH is 1. The van der Waals surface area contributed by atoms with Gasteiger partial charge in [-0.2, -0.15) is 0 Å². The lowest BCUT2D eigenvalue weighted by Crippen LogP contribution is -2.46. The third kappa shape index (κ3) is 9.23. The van der Waals surface area contributed by atoms with Gasteiger partial charge in [-0.1, -0.05) is 25.5 Å². The number of fused-ring (bicyclic) bond motifs is 1. The molecule has 0 aliphatic carbocycles. The van der Waals surface area contributed by atoms with Gasteiger partial charge in [0, 0.05) is 45.9 Å². The van der Waals surface area contributed by atoms with Gasteiger partial charge in [0.15, 0.2) is 0 Å². The number of nitrogens with one attached hydrogen (secondary N) is 2. The van der Waals surface area contributed by atoms with E-state index in [1.165, 1.54) is 37.1 Å². The van der Waals surface area contributed by atoms with E-state index in [0.717, 1.165) is 49.6 Å². The summed E-state index contributed by atoms with van der Waals surface area (Å²) in [7, 11) is 3.84. The number of hydrogen-bond donors (Lipinski definition) is 3. The predicted octanol–water partition coefficient (Wildman–Crippen LogP) is 2.46. The normalized spacial score (nSPS) is 19.9. The lowest BCUT2D eigenvalue weighted by atomic mass is 10.0. The van der Waals surface area contributed by atoms with Crippen molar-refractivity contribution in [1.82, 2.24) is 15.5 Å². The van der Waals surface area contributed by atoms with Crippen LogP contribution in [0, 0.1) is 0 Å². The first-order valence-electron chi connectivity index (χ1n) is 15.4. The molecule has 2 aliphatic rings. The molecule has 0 aromatic heterocycles. The number of carbonyl (C=O) groups excluding carboxylic acids is 3. The maximum Gasteiger partial charge on any atom is 0.249 e. The van der Waals surface area contributed by atoms with Gasteiger partial charge in [-0.05, 0) is 82.5 Å². The van der Waals surface area contributed by atoms with Gasteiger partial charge in [0.2, 0.25) is 18.7 Å². The SMILES string of the molecule is CCCC(C(=O)NC=O)N(C=O)c1cccc(CCCOC(CCO)CCNCC2CCC3CCCN32)c1N(C)C. The first-order valence-corrected chi connectivity index (χ1v) is 15.4. The monoisotopic (exact) mass is 573 g/mol. The largest absolute Gasteiger partial charge is 0.396 e. The van der Waals surface area contributed by atoms with E-state index in [1.807, 2.05) is 44.1 Å². The van der Waals surface area contributed by atoms with Crippen molar-refractivity contribution in [2.24, 2.45) is 0 Å². The highest BCUT2D eigenvalue weighted by atomic mass is 16.5. The quantitative estimate of drug-likeness (QED) is 0.161. The van der Waals surface area contributed by atoms with E-state index in [0.29, 0.717) is 50.4 Å². The molecule has 41 heavy (non-hydrogen) atoms. The number of nitrogens with zero attached hydrogens (tertiary/aromatic N) is 3. The number of amides is 3. The van der Waals surface area contributed by atoms with Gasteiger partial charge >= 0.3 is 0 Å². The zero-order valence-electron chi connectivity index (χ0n) is 25.2. The Hall–Kier alpha value is -2.53. The van der Waals surface area contributed by atoms with Crippen LogP contribution >= 0.6 is 0 Å². The van der Waals surface area contributed by atoms with Gasteiger partial charge in [0.25, 0.3) is 0 Å². The number of para-hydroxylation sites is 1. The van der Waals surface area contributed by atoms with Crippen molar-refractivity contribution in [2.75, 3.05) is 56.7 Å². The fourth-order valence-electron chi connectivity index (χ4n) is 6.54. The second-order valence-electron chi connectivity index (χ2n) is 11.5. The summed E-state index contributed by atoms with van der Waals surface area (Å²) in [6.07, 6.45) is 10.5. The number of aliphatic hydroxyl groups is 1. The second kappa shape index (κ2) is 17.4. The first kappa shape index (κ1) is 33.0. The van der Waals surface area contributed by atoms with Crippen molar-refractivity contribution in [3.05, 3.63) is 23.8 Å². The smallest absolute Gasteiger partial charge is 0.249 e. The van der Waals surface area contributed by atoms with Crippen molar-refractivity contribution >= 4 is 30.1 Å². The Kier molecular flexibility index (Phi) is 14.0. The Morgan fingerprint density at radius 1 is 1.20 bits per heavy atom. The maximum absolute atomic E-state index is 12.6. The summed E-state index contributed by atoms with van der Waals surface area (Å²) < 4.78 is 6.20. The molecule has 2 aliphatic heterocycles. The van der Waals surface area contributed by atoms with Gasteiger partial charge in [0.1, 0.15) is 6.04 Å². The Bertz CT molecular complexity index is 961. The van der Waals surface area contributed by atoms with Crippen LogP contribution in [0.2, 0.25) is 0 Å². The number of anilines is 2. The molecule has 3 amide bonds. The summed E-state index contributed by atoms with van der Waals surface area (Å²) >= 11 is 0. The van der Waals surface area contributed by atoms with E-state index < -0.39 is 11.9 Å². The Balaban J connectivity index is 1.54. The molecule has 2 heterocycles. The summed E-state index contributed by atoms with van der Waals surface area (Å²) in [6.45, 7) is 5.76. The third-order valence-corrected chi connectivity index (χ3v) is 8.48. The maximum atomic E-state index is 12.6. The van der Waals surface area contributed by atoms with Gasteiger partial charge in [-0.15, -0.1) is 0 Å². The van der Waals surface area contributed by atoms with Gasteiger partial charge < -0.3 is 25.0 Å². The molecule has 4 atom stereocenters. The molecule has 230 valence electrons. The van der Waals surface area contributed by atoms with E-state index in [-0.39, 0.29) is 12.7 Å². The van der Waals surface area contributed by atoms with Crippen LogP contribution in [0.3, 0.4) is 0 Å². The fourth-order valence-corrected chi connectivity index (χ4v) is 6.54. The zero-order valence-corrected chi connectivity index (χ0v) is 25.2. The van der Waals surface area contributed by atoms with E-state index in [9.17, 15) is 19.5 Å². The molecule has 2 saturated heterocycles. The highest BCUT2D eigenvalue weighted by molar-refractivity contribution is 5.98. The lowest BCUT2D eigenvalue weighted by Gasteiger charge is -2.31. The Labute approximate surface area is 245 Å². The summed E-state index contributed by atoms with van der Waals surface area (Å²) in [5.74, 6) is -0.495. The number of rotatable bonds is 20. The lowest BCUT2D eigenvalue weighted by molar-refractivity contribution is -0.127. The highest BCUT2D eigenvalue weighted by Gasteiger charge is 2.36. The molecule has 4 unspecified atom stereocenters. The second-order valence-corrected chi connectivity index (χ2v) is 11.5. The molecule has 3 rings (SSSR count). The predicted molar refractivity (Wildman–Crippen MR) is 162 cm³/mol. The minimum absolute atomic E-state index is 0.00644. The molecule has 1 aromatic carbocycles. The first-order chi connectivity index (χ1) is 19.9. The van der Waals surface area contributed by atoms with Crippen molar-refractivity contribution in [3.8, 4) is 0 Å². The summed E-state index contributed by atoms with van der Waals surface area (Å²) in [6, 6.07) is 6.45. The molecular formula is C31H51N5O5. The molecule has 0 bridgehead atoms. The van der Waals surface area contributed by atoms with Crippen molar-refractivity contribution in [1.29, 1.82) is 0 Å². The molecular weight excluding hydrogens is 522 g/mol. The third-order valence-electron chi connectivity index (χ3n) is 8.48. The van der Waals surface area contributed by atoms with Crippen LogP contribution in [-0.4, -0.2) is 99.9 Å². The average molecular weight is 574 g/mol. The summed E-state index contributed by atoms with van der Waals surface area (Å²) in [5.41, 5.74) is 2.55. The van der Waals surface area contributed by atoms with Crippen LogP contribution in [0.1, 0.15) is 70.3 Å². The van der Waals surface area contributed by atoms with Gasteiger partial charge in [0.05, 0.1) is 17.5 Å². The minimum atomic E-state index is -0.779. The van der Waals surface area contributed by atoms with Gasteiger partial charge in [-0.3, -0.25) is 24.6 Å². The number of hydrogen-bond acceptors (Lipinski definition) is 8. The van der Waals surface area contributed by atoms with E-state index in [1.54, 1.807) is 0 Å². The summed E-state index contributed by atoms with van der Waals surface area (Å²) in [4.78, 5) is 41.8. The van der Waals surface area contributed by atoms with E-state index in [2.05, 4.69) is 15.5 Å². The minimum Gasteiger partial charge on any atom is -0.396 e. The molecule has 0 spiro atoms. The molecule has 0 saturated carbocycles. The van der Waals surface area contributed by atoms with E-state index >= 15 is 0 Å². The van der Waals surface area contributed by atoms with Crippen LogP contribution in [0.25, 0.3) is 0 Å². The number of benzene rings is 1. The fraction of sp³-hybridized carbons (Fsp3) is 0.710. The molecule has 3 N–H and O–H groups in total. The van der Waals surface area contributed by atoms with Crippen LogP contribution in [-0.2, 0) is 25.5 Å². The number of ether oxygens (including phenoxy) is 1. The standard InChI is InChI=1S/C31H51N5O5/c1-4-8-29(31(40)33-22-38)36(23-39)28-12-5-9-24(30(28)34(2)3)10-7-20-41-27(16-19-37)15-17-32-21-26-14-13-25-11-6-18-35(25)26/h5,9,12,22-23,25-27,29,32,37H,4,6-8,10-11,13-21H2,1-3H3,(H,33,38,40). The molecule has 0 radical (unpaired) electrons. The molecule has 10 heteroatoms. The number of imide groups is 1. The summed E-state index contributed by atoms with van der Waals surface area (Å²) in [5, 5.41) is 15.4. The highest BCUT2D eigenvalue weighted by Crippen LogP contribution is 2.34. The van der Waals surface area contributed by atoms with Crippen molar-refractivity contribution in [3.63, 3.8) is 0 Å². The molecule has 1 aromatic rings. The zero-order chi connectivity index (χ0) is 29.6. The number of carbonyl (C=O) groups is 3. The molecule has 10 nitrogen and oxygen atoms in total. The van der Waals surface area contributed by atoms with Crippen molar-refractivity contribution < 1.29 is 24.2 Å².